The predicted octanol–water partition coefficient (Wildman–Crippen LogP) is 3.77. The van der Waals surface area contributed by atoms with Gasteiger partial charge in [-0.25, -0.2) is 0 Å². The minimum absolute atomic E-state index is 0.124. The lowest BCUT2D eigenvalue weighted by atomic mass is 9.74. The third-order valence-electron chi connectivity index (χ3n) is 5.43. The Kier molecular flexibility index (Phi) is 6.97. The van der Waals surface area contributed by atoms with Gasteiger partial charge in [-0.05, 0) is 56.9 Å². The first-order valence-corrected chi connectivity index (χ1v) is 9.16. The molecule has 0 bridgehead atoms. The summed E-state index contributed by atoms with van der Waals surface area (Å²) in [5, 5.41) is 3.86. The van der Waals surface area contributed by atoms with Crippen molar-refractivity contribution >= 4 is 0 Å². The van der Waals surface area contributed by atoms with Crippen LogP contribution in [0.15, 0.2) is 0 Å². The fourth-order valence-electron chi connectivity index (χ4n) is 4.24. The largest absolute Gasteiger partial charge is 0.381 e. The van der Waals surface area contributed by atoms with E-state index in [2.05, 4.69) is 26.1 Å². The number of rotatable bonds is 7. The lowest BCUT2D eigenvalue weighted by molar-refractivity contribution is -0.151. The van der Waals surface area contributed by atoms with E-state index in [-0.39, 0.29) is 5.60 Å². The fraction of sp³-hybridized carbons (Fsp3) is 1.00. The zero-order chi connectivity index (χ0) is 15.1. The molecule has 2 aliphatic rings. The van der Waals surface area contributed by atoms with Gasteiger partial charge in [0.2, 0.25) is 0 Å². The van der Waals surface area contributed by atoms with Crippen molar-refractivity contribution in [3.63, 3.8) is 0 Å². The van der Waals surface area contributed by atoms with Crippen LogP contribution >= 0.6 is 0 Å². The molecule has 3 atom stereocenters. The topological polar surface area (TPSA) is 30.5 Å². The standard InChI is InChI=1S/C18H35NO2/c1-4-6-15(3)17(19-10-5-2)16-7-11-21-18(14-16)8-12-20-13-9-18/h15-17,19H,4-14H2,1-3H3. The van der Waals surface area contributed by atoms with Crippen molar-refractivity contribution in [3.8, 4) is 0 Å². The Balaban J connectivity index is 2.00. The summed E-state index contributed by atoms with van der Waals surface area (Å²) < 4.78 is 11.8. The average Bonchev–Trinajstić information content (AvgIpc) is 2.49. The summed E-state index contributed by atoms with van der Waals surface area (Å²) >= 11 is 0. The van der Waals surface area contributed by atoms with Gasteiger partial charge in [-0.3, -0.25) is 0 Å². The van der Waals surface area contributed by atoms with E-state index < -0.39 is 0 Å². The summed E-state index contributed by atoms with van der Waals surface area (Å²) in [6, 6.07) is 0.661. The van der Waals surface area contributed by atoms with Crippen LogP contribution < -0.4 is 5.32 Å². The number of hydrogen-bond acceptors (Lipinski definition) is 3. The van der Waals surface area contributed by atoms with Crippen molar-refractivity contribution in [2.24, 2.45) is 11.8 Å². The zero-order valence-corrected chi connectivity index (χ0v) is 14.3. The molecule has 0 saturated carbocycles. The van der Waals surface area contributed by atoms with Gasteiger partial charge in [-0.1, -0.05) is 27.2 Å². The maximum atomic E-state index is 6.22. The molecule has 2 saturated heterocycles. The van der Waals surface area contributed by atoms with Crippen LogP contribution in [-0.4, -0.2) is 38.0 Å². The van der Waals surface area contributed by atoms with Crippen LogP contribution in [0.4, 0.5) is 0 Å². The van der Waals surface area contributed by atoms with Gasteiger partial charge >= 0.3 is 0 Å². The quantitative estimate of drug-likeness (QED) is 0.776. The number of nitrogens with one attached hydrogen (secondary N) is 1. The van der Waals surface area contributed by atoms with Gasteiger partial charge in [0.25, 0.3) is 0 Å². The zero-order valence-electron chi connectivity index (χ0n) is 14.3. The molecule has 2 fully saturated rings. The van der Waals surface area contributed by atoms with Crippen LogP contribution in [0.25, 0.3) is 0 Å². The highest BCUT2D eigenvalue weighted by Gasteiger charge is 2.41. The van der Waals surface area contributed by atoms with E-state index in [1.165, 1.54) is 32.1 Å². The highest BCUT2D eigenvalue weighted by atomic mass is 16.5. The fourth-order valence-corrected chi connectivity index (χ4v) is 4.24. The van der Waals surface area contributed by atoms with Crippen molar-refractivity contribution in [2.75, 3.05) is 26.4 Å². The normalized spacial score (nSPS) is 28.4. The molecule has 124 valence electrons. The van der Waals surface area contributed by atoms with E-state index in [0.29, 0.717) is 6.04 Å². The van der Waals surface area contributed by atoms with Crippen LogP contribution in [0, 0.1) is 11.8 Å². The molecule has 1 spiro atoms. The summed E-state index contributed by atoms with van der Waals surface area (Å²) in [7, 11) is 0. The summed E-state index contributed by atoms with van der Waals surface area (Å²) in [5.41, 5.74) is 0.124. The van der Waals surface area contributed by atoms with Gasteiger partial charge in [-0.2, -0.15) is 0 Å². The van der Waals surface area contributed by atoms with Gasteiger partial charge in [0.1, 0.15) is 0 Å². The Hall–Kier alpha value is -0.120. The van der Waals surface area contributed by atoms with Gasteiger partial charge in [0, 0.05) is 25.9 Å². The van der Waals surface area contributed by atoms with Crippen molar-refractivity contribution < 1.29 is 9.47 Å². The van der Waals surface area contributed by atoms with Crippen molar-refractivity contribution in [1.82, 2.24) is 5.32 Å². The van der Waals surface area contributed by atoms with Crippen molar-refractivity contribution in [2.45, 2.75) is 77.4 Å². The Bertz CT molecular complexity index is 283. The Morgan fingerprint density at radius 3 is 2.57 bits per heavy atom. The lowest BCUT2D eigenvalue weighted by Gasteiger charge is -2.46. The Labute approximate surface area is 131 Å². The molecule has 21 heavy (non-hydrogen) atoms. The van der Waals surface area contributed by atoms with E-state index in [0.717, 1.165) is 51.0 Å². The van der Waals surface area contributed by atoms with Crippen LogP contribution in [-0.2, 0) is 9.47 Å². The van der Waals surface area contributed by atoms with Crippen LogP contribution in [0.3, 0.4) is 0 Å². The van der Waals surface area contributed by atoms with Gasteiger partial charge in [0.15, 0.2) is 0 Å². The predicted molar refractivity (Wildman–Crippen MR) is 87.6 cm³/mol. The molecule has 0 aromatic heterocycles. The first-order valence-electron chi connectivity index (χ1n) is 9.16. The Morgan fingerprint density at radius 1 is 1.14 bits per heavy atom. The van der Waals surface area contributed by atoms with Crippen molar-refractivity contribution in [1.29, 1.82) is 0 Å². The monoisotopic (exact) mass is 297 g/mol. The second-order valence-corrected chi connectivity index (χ2v) is 7.14. The van der Waals surface area contributed by atoms with Crippen LogP contribution in [0.1, 0.15) is 65.7 Å². The highest BCUT2D eigenvalue weighted by Crippen LogP contribution is 2.39. The molecule has 2 aliphatic heterocycles. The molecule has 3 nitrogen and oxygen atoms in total. The smallest absolute Gasteiger partial charge is 0.0729 e. The second kappa shape index (κ2) is 8.50. The highest BCUT2D eigenvalue weighted by molar-refractivity contribution is 4.94. The average molecular weight is 297 g/mol. The Morgan fingerprint density at radius 2 is 1.90 bits per heavy atom. The first kappa shape index (κ1) is 17.2. The number of ether oxygens (including phenoxy) is 2. The molecule has 0 radical (unpaired) electrons. The van der Waals surface area contributed by atoms with Gasteiger partial charge in [-0.15, -0.1) is 0 Å². The molecule has 2 rings (SSSR count). The van der Waals surface area contributed by atoms with E-state index in [4.69, 9.17) is 9.47 Å². The van der Waals surface area contributed by atoms with Gasteiger partial charge < -0.3 is 14.8 Å². The third-order valence-corrected chi connectivity index (χ3v) is 5.43. The maximum absolute atomic E-state index is 6.22. The molecule has 0 aromatic carbocycles. The van der Waals surface area contributed by atoms with Crippen molar-refractivity contribution in [3.05, 3.63) is 0 Å². The van der Waals surface area contributed by atoms with E-state index >= 15 is 0 Å². The molecule has 2 heterocycles. The molecule has 0 aliphatic carbocycles. The van der Waals surface area contributed by atoms with E-state index in [1.807, 2.05) is 0 Å². The van der Waals surface area contributed by atoms with Crippen LogP contribution in [0.5, 0.6) is 0 Å². The maximum Gasteiger partial charge on any atom is 0.0729 e. The van der Waals surface area contributed by atoms with Crippen LogP contribution in [0.2, 0.25) is 0 Å². The molecule has 3 heteroatoms. The second-order valence-electron chi connectivity index (χ2n) is 7.14. The minimum atomic E-state index is 0.124. The summed E-state index contributed by atoms with van der Waals surface area (Å²) in [4.78, 5) is 0. The molecule has 0 aromatic rings. The molecule has 0 amide bonds. The summed E-state index contributed by atoms with van der Waals surface area (Å²) in [6.07, 6.45) is 8.46. The SMILES string of the molecule is CCCNC(C(C)CCC)C1CCOC2(CCOCC2)C1. The molecular formula is C18H35NO2. The van der Waals surface area contributed by atoms with Gasteiger partial charge in [0.05, 0.1) is 5.60 Å². The summed E-state index contributed by atoms with van der Waals surface area (Å²) in [6.45, 7) is 10.8. The van der Waals surface area contributed by atoms with E-state index in [1.54, 1.807) is 0 Å². The summed E-state index contributed by atoms with van der Waals surface area (Å²) in [5.74, 6) is 1.53. The van der Waals surface area contributed by atoms with E-state index in [9.17, 15) is 0 Å². The number of hydrogen-bond donors (Lipinski definition) is 1. The third kappa shape index (κ3) is 4.67. The molecule has 3 unspecified atom stereocenters. The molecule has 1 N–H and O–H groups in total. The lowest BCUT2D eigenvalue weighted by Crippen LogP contribution is -2.51. The first-order chi connectivity index (χ1) is 10.2. The minimum Gasteiger partial charge on any atom is -0.381 e. The molecular weight excluding hydrogens is 262 g/mol.